The molecule has 1 aromatic rings. The summed E-state index contributed by atoms with van der Waals surface area (Å²) in [6.07, 6.45) is 0. The second kappa shape index (κ2) is 5.38. The van der Waals surface area contributed by atoms with Gasteiger partial charge in [-0.2, -0.15) is 0 Å². The minimum Gasteiger partial charge on any atom is -0.376 e. The van der Waals surface area contributed by atoms with Crippen molar-refractivity contribution in [1.82, 2.24) is 5.32 Å². The van der Waals surface area contributed by atoms with Crippen LogP contribution in [-0.4, -0.2) is 20.6 Å². The van der Waals surface area contributed by atoms with Gasteiger partial charge in [0.2, 0.25) is 0 Å². The van der Waals surface area contributed by atoms with Gasteiger partial charge in [0.25, 0.3) is 0 Å². The molecular weight excluding hydrogens is 208 g/mol. The van der Waals surface area contributed by atoms with Crippen LogP contribution < -0.4 is 10.2 Å². The maximum atomic E-state index is 6.20. The van der Waals surface area contributed by atoms with Crippen LogP contribution in [0.5, 0.6) is 0 Å². The average molecular weight is 227 g/mol. The molecule has 0 saturated carbocycles. The highest BCUT2D eigenvalue weighted by Crippen LogP contribution is 2.27. The Balaban J connectivity index is 2.91. The number of hydrogen-bond acceptors (Lipinski definition) is 2. The topological polar surface area (TPSA) is 15.3 Å². The second-order valence-corrected chi connectivity index (χ2v) is 4.29. The zero-order chi connectivity index (χ0) is 11.4. The van der Waals surface area contributed by atoms with E-state index in [1.54, 1.807) is 0 Å². The highest BCUT2D eigenvalue weighted by atomic mass is 35.5. The zero-order valence-corrected chi connectivity index (χ0v) is 10.6. The maximum Gasteiger partial charge on any atom is 0.0642 e. The molecule has 0 aliphatic carbocycles. The first-order valence-electron chi connectivity index (χ1n) is 5.26. The van der Waals surface area contributed by atoms with Gasteiger partial charge in [0.15, 0.2) is 0 Å². The predicted octanol–water partition coefficient (Wildman–Crippen LogP) is 3.08. The lowest BCUT2D eigenvalue weighted by Gasteiger charge is -2.18. The number of halogens is 1. The van der Waals surface area contributed by atoms with Crippen molar-refractivity contribution in [2.75, 3.05) is 25.5 Å². The molecule has 1 N–H and O–H groups in total. The first-order valence-corrected chi connectivity index (χ1v) is 5.64. The van der Waals surface area contributed by atoms with Gasteiger partial charge < -0.3 is 10.2 Å². The van der Waals surface area contributed by atoms with Crippen molar-refractivity contribution in [3.8, 4) is 0 Å². The Morgan fingerprint density at radius 2 is 2.07 bits per heavy atom. The second-order valence-electron chi connectivity index (χ2n) is 3.88. The van der Waals surface area contributed by atoms with Crippen LogP contribution in [0.25, 0.3) is 0 Å². The Kier molecular flexibility index (Phi) is 4.43. The van der Waals surface area contributed by atoms with E-state index in [9.17, 15) is 0 Å². The number of nitrogens with one attached hydrogen (secondary N) is 1. The van der Waals surface area contributed by atoms with Crippen molar-refractivity contribution in [3.05, 3.63) is 28.8 Å². The fourth-order valence-electron chi connectivity index (χ4n) is 1.58. The van der Waals surface area contributed by atoms with Gasteiger partial charge in [0, 0.05) is 20.1 Å². The maximum absolute atomic E-state index is 6.20. The van der Waals surface area contributed by atoms with Crippen LogP contribution >= 0.6 is 11.6 Å². The van der Waals surface area contributed by atoms with E-state index in [-0.39, 0.29) is 0 Å². The van der Waals surface area contributed by atoms with Crippen LogP contribution in [0.1, 0.15) is 25.5 Å². The summed E-state index contributed by atoms with van der Waals surface area (Å²) in [7, 11) is 3.99. The Morgan fingerprint density at radius 3 is 2.53 bits per heavy atom. The summed E-state index contributed by atoms with van der Waals surface area (Å²) in [6.45, 7) is 5.21. The Morgan fingerprint density at radius 1 is 1.40 bits per heavy atom. The summed E-state index contributed by atoms with van der Waals surface area (Å²) >= 11 is 6.20. The van der Waals surface area contributed by atoms with Crippen LogP contribution in [0, 0.1) is 0 Å². The fourth-order valence-corrected chi connectivity index (χ4v) is 1.94. The van der Waals surface area contributed by atoms with Gasteiger partial charge in [-0.15, -0.1) is 0 Å². The quantitative estimate of drug-likeness (QED) is 0.849. The third-order valence-electron chi connectivity index (χ3n) is 2.46. The van der Waals surface area contributed by atoms with Crippen LogP contribution in [0.4, 0.5) is 5.69 Å². The van der Waals surface area contributed by atoms with Crippen molar-refractivity contribution in [1.29, 1.82) is 0 Å². The summed E-state index contributed by atoms with van der Waals surface area (Å²) in [5.41, 5.74) is 2.29. The standard InChI is InChI=1S/C12H19ClN2/c1-5-14-9(2)10-6-7-12(15(3)4)11(13)8-10/h6-9,14H,5H2,1-4H3. The van der Waals surface area contributed by atoms with Gasteiger partial charge in [0.05, 0.1) is 10.7 Å². The lowest BCUT2D eigenvalue weighted by Crippen LogP contribution is -2.18. The van der Waals surface area contributed by atoms with Crippen molar-refractivity contribution >= 4 is 17.3 Å². The zero-order valence-electron chi connectivity index (χ0n) is 9.84. The van der Waals surface area contributed by atoms with E-state index in [1.807, 2.05) is 25.1 Å². The normalized spacial score (nSPS) is 12.6. The third-order valence-corrected chi connectivity index (χ3v) is 2.77. The van der Waals surface area contributed by atoms with Gasteiger partial charge in [-0.25, -0.2) is 0 Å². The van der Waals surface area contributed by atoms with Gasteiger partial charge in [-0.3, -0.25) is 0 Å². The van der Waals surface area contributed by atoms with Gasteiger partial charge in [-0.1, -0.05) is 24.6 Å². The van der Waals surface area contributed by atoms with E-state index < -0.39 is 0 Å². The average Bonchev–Trinajstić information content (AvgIpc) is 2.17. The van der Waals surface area contributed by atoms with Crippen molar-refractivity contribution in [2.24, 2.45) is 0 Å². The largest absolute Gasteiger partial charge is 0.376 e. The molecule has 3 heteroatoms. The Hall–Kier alpha value is -0.730. The van der Waals surface area contributed by atoms with Crippen molar-refractivity contribution < 1.29 is 0 Å². The molecule has 0 spiro atoms. The van der Waals surface area contributed by atoms with E-state index in [0.717, 1.165) is 17.3 Å². The molecule has 0 aliphatic rings. The first kappa shape index (κ1) is 12.3. The molecule has 1 rings (SSSR count). The van der Waals surface area contributed by atoms with Crippen LogP contribution in [0.2, 0.25) is 5.02 Å². The van der Waals surface area contributed by atoms with Gasteiger partial charge in [-0.05, 0) is 31.2 Å². The summed E-state index contributed by atoms with van der Waals surface area (Å²) in [4.78, 5) is 2.02. The predicted molar refractivity (Wildman–Crippen MR) is 67.9 cm³/mol. The summed E-state index contributed by atoms with van der Waals surface area (Å²) in [6, 6.07) is 6.56. The van der Waals surface area contributed by atoms with Crippen LogP contribution in [0.3, 0.4) is 0 Å². The van der Waals surface area contributed by atoms with E-state index in [0.29, 0.717) is 6.04 Å². The van der Waals surface area contributed by atoms with Crippen LogP contribution in [-0.2, 0) is 0 Å². The van der Waals surface area contributed by atoms with Crippen molar-refractivity contribution in [3.63, 3.8) is 0 Å². The smallest absolute Gasteiger partial charge is 0.0642 e. The molecule has 1 atom stereocenters. The fraction of sp³-hybridized carbons (Fsp3) is 0.500. The van der Waals surface area contributed by atoms with E-state index in [1.165, 1.54) is 5.56 Å². The SMILES string of the molecule is CCNC(C)c1ccc(N(C)C)c(Cl)c1. The van der Waals surface area contributed by atoms with Crippen molar-refractivity contribution in [2.45, 2.75) is 19.9 Å². The molecular formula is C12H19ClN2. The Labute approximate surface area is 97.2 Å². The molecule has 0 heterocycles. The third kappa shape index (κ3) is 3.11. The summed E-state index contributed by atoms with van der Waals surface area (Å²) < 4.78 is 0. The highest BCUT2D eigenvalue weighted by molar-refractivity contribution is 6.33. The molecule has 0 bridgehead atoms. The highest BCUT2D eigenvalue weighted by Gasteiger charge is 2.07. The molecule has 0 radical (unpaired) electrons. The van der Waals surface area contributed by atoms with E-state index >= 15 is 0 Å². The number of anilines is 1. The number of nitrogens with zero attached hydrogens (tertiary/aromatic N) is 1. The first-order chi connectivity index (χ1) is 7.06. The molecule has 0 aliphatic heterocycles. The molecule has 1 unspecified atom stereocenters. The number of benzene rings is 1. The minimum absolute atomic E-state index is 0.351. The lowest BCUT2D eigenvalue weighted by atomic mass is 10.1. The Bertz CT molecular complexity index is 323. The lowest BCUT2D eigenvalue weighted by molar-refractivity contribution is 0.598. The monoisotopic (exact) mass is 226 g/mol. The number of hydrogen-bond donors (Lipinski definition) is 1. The number of rotatable bonds is 4. The van der Waals surface area contributed by atoms with Gasteiger partial charge in [0.1, 0.15) is 0 Å². The summed E-state index contributed by atoms with van der Waals surface area (Å²) in [5, 5.41) is 4.17. The molecule has 0 fully saturated rings. The molecule has 0 aromatic heterocycles. The van der Waals surface area contributed by atoms with Gasteiger partial charge >= 0.3 is 0 Å². The molecule has 15 heavy (non-hydrogen) atoms. The van der Waals surface area contributed by atoms with E-state index in [2.05, 4.69) is 31.3 Å². The molecule has 1 aromatic carbocycles. The van der Waals surface area contributed by atoms with E-state index in [4.69, 9.17) is 11.6 Å². The minimum atomic E-state index is 0.351. The van der Waals surface area contributed by atoms with Crippen LogP contribution in [0.15, 0.2) is 18.2 Å². The molecule has 0 amide bonds. The molecule has 0 saturated heterocycles. The molecule has 2 nitrogen and oxygen atoms in total. The summed E-state index contributed by atoms with van der Waals surface area (Å²) in [5.74, 6) is 0. The molecule has 84 valence electrons.